The van der Waals surface area contributed by atoms with Crippen molar-refractivity contribution in [2.75, 3.05) is 0 Å². The molecule has 1 aromatic rings. The standard InChI is InChI=1S/C8H8O.C2H4/c1-7(9)8-5-3-2-4-6-8;1-2/h2-6H,1H3;1-2H2. The molecule has 0 atom stereocenters. The molecule has 0 N–H and O–H groups in total. The second-order valence-electron chi connectivity index (χ2n) is 1.92. The molecule has 0 spiro atoms. The van der Waals surface area contributed by atoms with E-state index in [1.54, 1.807) is 6.92 Å². The average molecular weight is 148 g/mol. The number of rotatable bonds is 1. The molecule has 0 saturated carbocycles. The largest absolute Gasteiger partial charge is 0.295 e. The van der Waals surface area contributed by atoms with Crippen LogP contribution in [0.25, 0.3) is 0 Å². The molecule has 0 fully saturated rings. The van der Waals surface area contributed by atoms with Crippen LogP contribution in [0.5, 0.6) is 0 Å². The van der Waals surface area contributed by atoms with Gasteiger partial charge in [0.25, 0.3) is 0 Å². The molecule has 0 aliphatic rings. The Kier molecular flexibility index (Phi) is 4.74. The molecule has 0 saturated heterocycles. The van der Waals surface area contributed by atoms with Crippen LogP contribution in [0.3, 0.4) is 0 Å². The third-order valence-electron chi connectivity index (χ3n) is 1.18. The van der Waals surface area contributed by atoms with Crippen molar-refractivity contribution in [2.45, 2.75) is 6.92 Å². The molecule has 0 aliphatic carbocycles. The van der Waals surface area contributed by atoms with Crippen molar-refractivity contribution in [1.82, 2.24) is 0 Å². The Balaban J connectivity index is 0.000000461. The highest BCUT2D eigenvalue weighted by molar-refractivity contribution is 5.93. The fourth-order valence-corrected chi connectivity index (χ4v) is 0.673. The van der Waals surface area contributed by atoms with Gasteiger partial charge in [-0.1, -0.05) is 30.3 Å². The molecule has 0 aromatic heterocycles. The molecule has 58 valence electrons. The van der Waals surface area contributed by atoms with E-state index < -0.39 is 0 Å². The summed E-state index contributed by atoms with van der Waals surface area (Å²) in [5.74, 6) is 0.121. The molecule has 0 bridgehead atoms. The lowest BCUT2D eigenvalue weighted by atomic mass is 10.2. The van der Waals surface area contributed by atoms with E-state index in [-0.39, 0.29) is 5.78 Å². The zero-order valence-electron chi connectivity index (χ0n) is 6.71. The number of carbonyl (C=O) groups excluding carboxylic acids is 1. The van der Waals surface area contributed by atoms with Gasteiger partial charge in [0.2, 0.25) is 0 Å². The highest BCUT2D eigenvalue weighted by atomic mass is 16.1. The van der Waals surface area contributed by atoms with E-state index in [1.807, 2.05) is 30.3 Å². The Morgan fingerprint density at radius 1 is 1.18 bits per heavy atom. The normalized spacial score (nSPS) is 7.73. The maximum Gasteiger partial charge on any atom is 0.159 e. The van der Waals surface area contributed by atoms with Crippen LogP contribution in [0.2, 0.25) is 0 Å². The van der Waals surface area contributed by atoms with Gasteiger partial charge >= 0.3 is 0 Å². The van der Waals surface area contributed by atoms with Crippen LogP contribution in [0.1, 0.15) is 17.3 Å². The number of ketones is 1. The highest BCUT2D eigenvalue weighted by Gasteiger charge is 1.92. The SMILES string of the molecule is C=C.CC(=O)c1ccccc1. The summed E-state index contributed by atoms with van der Waals surface area (Å²) < 4.78 is 0. The van der Waals surface area contributed by atoms with Crippen molar-refractivity contribution < 1.29 is 4.79 Å². The highest BCUT2D eigenvalue weighted by Crippen LogP contribution is 1.97. The third-order valence-corrected chi connectivity index (χ3v) is 1.18. The van der Waals surface area contributed by atoms with Crippen LogP contribution in [-0.2, 0) is 0 Å². The van der Waals surface area contributed by atoms with E-state index in [0.717, 1.165) is 5.56 Å². The summed E-state index contributed by atoms with van der Waals surface area (Å²) in [4.78, 5) is 10.6. The van der Waals surface area contributed by atoms with E-state index in [0.29, 0.717) is 0 Å². The molecule has 1 rings (SSSR count). The van der Waals surface area contributed by atoms with E-state index in [9.17, 15) is 4.79 Å². The van der Waals surface area contributed by atoms with Crippen LogP contribution in [0.15, 0.2) is 43.5 Å². The minimum absolute atomic E-state index is 0.121. The van der Waals surface area contributed by atoms with Crippen molar-refractivity contribution in [2.24, 2.45) is 0 Å². The fourth-order valence-electron chi connectivity index (χ4n) is 0.673. The molecule has 1 aromatic carbocycles. The van der Waals surface area contributed by atoms with Gasteiger partial charge in [-0.25, -0.2) is 0 Å². The Bertz CT molecular complexity index is 214. The van der Waals surface area contributed by atoms with Gasteiger partial charge in [0.15, 0.2) is 5.78 Å². The quantitative estimate of drug-likeness (QED) is 0.442. The van der Waals surface area contributed by atoms with Crippen molar-refractivity contribution in [1.29, 1.82) is 0 Å². The minimum atomic E-state index is 0.121. The molecule has 1 heteroatoms. The number of Topliss-reactive ketones (excluding diaryl/α,β-unsaturated/α-hetero) is 1. The molecule has 11 heavy (non-hydrogen) atoms. The maximum absolute atomic E-state index is 10.6. The first-order valence-corrected chi connectivity index (χ1v) is 3.36. The molecular formula is C10H12O. The maximum atomic E-state index is 10.6. The van der Waals surface area contributed by atoms with Crippen LogP contribution in [0.4, 0.5) is 0 Å². The molecule has 0 heterocycles. The first kappa shape index (κ1) is 9.63. The molecule has 0 unspecified atom stereocenters. The van der Waals surface area contributed by atoms with Gasteiger partial charge in [-0.05, 0) is 6.92 Å². The lowest BCUT2D eigenvalue weighted by molar-refractivity contribution is 0.101. The van der Waals surface area contributed by atoms with Gasteiger partial charge in [0, 0.05) is 5.56 Å². The molecular weight excluding hydrogens is 136 g/mol. The second-order valence-corrected chi connectivity index (χ2v) is 1.92. The van der Waals surface area contributed by atoms with Crippen LogP contribution in [0, 0.1) is 0 Å². The first-order chi connectivity index (χ1) is 5.30. The van der Waals surface area contributed by atoms with Gasteiger partial charge in [-0.15, -0.1) is 13.2 Å². The summed E-state index contributed by atoms with van der Waals surface area (Å²) >= 11 is 0. The zero-order chi connectivity index (χ0) is 8.69. The average Bonchev–Trinajstić information content (AvgIpc) is 2.10. The summed E-state index contributed by atoms with van der Waals surface area (Å²) in [6.07, 6.45) is 0. The number of hydrogen-bond donors (Lipinski definition) is 0. The molecule has 0 aliphatic heterocycles. The van der Waals surface area contributed by atoms with Crippen LogP contribution < -0.4 is 0 Å². The Hall–Kier alpha value is -1.37. The molecule has 0 amide bonds. The second kappa shape index (κ2) is 5.42. The van der Waals surface area contributed by atoms with Crippen molar-refractivity contribution in [3.8, 4) is 0 Å². The summed E-state index contributed by atoms with van der Waals surface area (Å²) in [7, 11) is 0. The number of hydrogen-bond acceptors (Lipinski definition) is 1. The third kappa shape index (κ3) is 3.36. The Morgan fingerprint density at radius 3 is 1.91 bits per heavy atom. The van der Waals surface area contributed by atoms with Gasteiger partial charge in [-0.3, -0.25) is 4.79 Å². The van der Waals surface area contributed by atoms with E-state index in [4.69, 9.17) is 0 Å². The summed E-state index contributed by atoms with van der Waals surface area (Å²) in [5.41, 5.74) is 0.775. The van der Waals surface area contributed by atoms with Gasteiger partial charge < -0.3 is 0 Å². The zero-order valence-corrected chi connectivity index (χ0v) is 6.71. The van der Waals surface area contributed by atoms with E-state index in [1.165, 1.54) is 0 Å². The van der Waals surface area contributed by atoms with Crippen molar-refractivity contribution in [3.63, 3.8) is 0 Å². The molecule has 0 radical (unpaired) electrons. The van der Waals surface area contributed by atoms with E-state index >= 15 is 0 Å². The van der Waals surface area contributed by atoms with Crippen LogP contribution in [-0.4, -0.2) is 5.78 Å². The topological polar surface area (TPSA) is 17.1 Å². The number of carbonyl (C=O) groups is 1. The predicted molar refractivity (Wildman–Crippen MR) is 47.7 cm³/mol. The van der Waals surface area contributed by atoms with Crippen molar-refractivity contribution >= 4 is 5.78 Å². The van der Waals surface area contributed by atoms with E-state index in [2.05, 4.69) is 13.2 Å². The summed E-state index contributed by atoms with van der Waals surface area (Å²) in [6, 6.07) is 9.23. The first-order valence-electron chi connectivity index (χ1n) is 3.36. The molecule has 1 nitrogen and oxygen atoms in total. The minimum Gasteiger partial charge on any atom is -0.295 e. The van der Waals surface area contributed by atoms with Gasteiger partial charge in [0.1, 0.15) is 0 Å². The predicted octanol–water partition coefficient (Wildman–Crippen LogP) is 2.69. The number of benzene rings is 1. The van der Waals surface area contributed by atoms with Crippen molar-refractivity contribution in [3.05, 3.63) is 49.1 Å². The monoisotopic (exact) mass is 148 g/mol. The van der Waals surface area contributed by atoms with Gasteiger partial charge in [-0.2, -0.15) is 0 Å². The van der Waals surface area contributed by atoms with Crippen LogP contribution >= 0.6 is 0 Å². The van der Waals surface area contributed by atoms with Gasteiger partial charge in [0.05, 0.1) is 0 Å². The fraction of sp³-hybridized carbons (Fsp3) is 0.100. The smallest absolute Gasteiger partial charge is 0.159 e. The lowest BCUT2D eigenvalue weighted by Gasteiger charge is -1.89. The summed E-state index contributed by atoms with van der Waals surface area (Å²) in [6.45, 7) is 7.56. The summed E-state index contributed by atoms with van der Waals surface area (Å²) in [5, 5.41) is 0. The Labute approximate surface area is 67.4 Å². The Morgan fingerprint density at radius 2 is 1.64 bits per heavy atom. The lowest BCUT2D eigenvalue weighted by Crippen LogP contribution is -1.88.